The van der Waals surface area contributed by atoms with Crippen LogP contribution < -0.4 is 4.72 Å². The van der Waals surface area contributed by atoms with Crippen molar-refractivity contribution >= 4 is 27.3 Å². The standard InChI is InChI=1S/C23H22N4O5S2/c1-32-23(29)20(13-16-7-9-19(28)10-8-16)27-18(14-24-26-27)15-25-34(30,31)22-12-11-21(33-22)17-5-3-2-4-6-17/h2-12,14,20,25,28H,13,15H2,1H3/t20-/m1/s1. The molecule has 2 N–H and O–H groups in total. The molecule has 2 aromatic carbocycles. The Hall–Kier alpha value is -3.54. The molecule has 0 aliphatic rings. The number of carbonyl (C=O) groups is 1. The summed E-state index contributed by atoms with van der Waals surface area (Å²) in [7, 11) is -2.53. The minimum Gasteiger partial charge on any atom is -0.508 e. The smallest absolute Gasteiger partial charge is 0.331 e. The predicted molar refractivity (Wildman–Crippen MR) is 127 cm³/mol. The molecule has 0 aliphatic carbocycles. The maximum absolute atomic E-state index is 12.9. The molecule has 0 aliphatic heterocycles. The number of nitrogens with one attached hydrogen (secondary N) is 1. The van der Waals surface area contributed by atoms with Crippen LogP contribution in [-0.2, 0) is 32.5 Å². The van der Waals surface area contributed by atoms with Gasteiger partial charge in [-0.3, -0.25) is 0 Å². The Morgan fingerprint density at radius 2 is 1.85 bits per heavy atom. The van der Waals surface area contributed by atoms with Gasteiger partial charge in [0.15, 0.2) is 6.04 Å². The number of rotatable bonds is 9. The fourth-order valence-corrected chi connectivity index (χ4v) is 5.73. The largest absolute Gasteiger partial charge is 0.508 e. The molecule has 0 spiro atoms. The summed E-state index contributed by atoms with van der Waals surface area (Å²) in [6, 6.07) is 18.4. The van der Waals surface area contributed by atoms with Crippen LogP contribution in [-0.4, -0.2) is 41.6 Å². The fraction of sp³-hybridized carbons (Fsp3) is 0.174. The summed E-state index contributed by atoms with van der Waals surface area (Å²) in [4.78, 5) is 13.3. The van der Waals surface area contributed by atoms with E-state index < -0.39 is 22.0 Å². The van der Waals surface area contributed by atoms with E-state index >= 15 is 0 Å². The minimum absolute atomic E-state index is 0.109. The lowest BCUT2D eigenvalue weighted by molar-refractivity contribution is -0.145. The number of sulfonamides is 1. The van der Waals surface area contributed by atoms with Crippen molar-refractivity contribution in [1.82, 2.24) is 19.7 Å². The number of phenols is 1. The first-order chi connectivity index (χ1) is 16.4. The van der Waals surface area contributed by atoms with Gasteiger partial charge in [-0.05, 0) is 35.4 Å². The zero-order valence-electron chi connectivity index (χ0n) is 18.2. The molecule has 9 nitrogen and oxygen atoms in total. The summed E-state index contributed by atoms with van der Waals surface area (Å²) in [5.74, 6) is -0.438. The summed E-state index contributed by atoms with van der Waals surface area (Å²) >= 11 is 1.17. The lowest BCUT2D eigenvalue weighted by atomic mass is 10.1. The molecular weight excluding hydrogens is 476 g/mol. The second kappa shape index (κ2) is 10.2. The van der Waals surface area contributed by atoms with Crippen molar-refractivity contribution in [3.05, 3.63) is 84.2 Å². The van der Waals surface area contributed by atoms with E-state index in [0.29, 0.717) is 5.69 Å². The summed E-state index contributed by atoms with van der Waals surface area (Å²) in [6.45, 7) is -0.114. The summed E-state index contributed by atoms with van der Waals surface area (Å²) in [5, 5.41) is 17.4. The number of aromatic nitrogens is 3. The Morgan fingerprint density at radius 3 is 2.56 bits per heavy atom. The average Bonchev–Trinajstić information content (AvgIpc) is 3.53. The monoisotopic (exact) mass is 498 g/mol. The maximum atomic E-state index is 12.9. The van der Waals surface area contributed by atoms with Crippen LogP contribution in [0.1, 0.15) is 17.3 Å². The number of nitrogens with zero attached hydrogens (tertiary/aromatic N) is 3. The number of hydrogen-bond donors (Lipinski definition) is 2. The van der Waals surface area contributed by atoms with E-state index in [-0.39, 0.29) is 22.9 Å². The number of methoxy groups -OCH3 is 1. The van der Waals surface area contributed by atoms with Crippen molar-refractivity contribution in [2.75, 3.05) is 7.11 Å². The predicted octanol–water partition coefficient (Wildman–Crippen LogP) is 3.15. The first-order valence-corrected chi connectivity index (χ1v) is 12.6. The van der Waals surface area contributed by atoms with E-state index in [0.717, 1.165) is 16.0 Å². The highest BCUT2D eigenvalue weighted by molar-refractivity contribution is 7.91. The normalized spacial score (nSPS) is 12.4. The molecule has 0 unspecified atom stereocenters. The molecule has 2 heterocycles. The van der Waals surface area contributed by atoms with Crippen molar-refractivity contribution in [2.24, 2.45) is 0 Å². The lowest BCUT2D eigenvalue weighted by Gasteiger charge is -2.17. The van der Waals surface area contributed by atoms with E-state index in [9.17, 15) is 18.3 Å². The van der Waals surface area contributed by atoms with Crippen LogP contribution >= 0.6 is 11.3 Å². The summed E-state index contributed by atoms with van der Waals surface area (Å²) in [6.07, 6.45) is 1.63. The molecule has 0 saturated carbocycles. The third-order valence-corrected chi connectivity index (χ3v) is 8.16. The number of esters is 1. The molecule has 0 fully saturated rings. The second-order valence-electron chi connectivity index (χ2n) is 7.39. The molecule has 34 heavy (non-hydrogen) atoms. The van der Waals surface area contributed by atoms with E-state index in [2.05, 4.69) is 15.0 Å². The van der Waals surface area contributed by atoms with Gasteiger partial charge in [0, 0.05) is 11.3 Å². The Kier molecular flexibility index (Phi) is 7.06. The Labute approximate surface area is 200 Å². The van der Waals surface area contributed by atoms with Crippen LogP contribution in [0.25, 0.3) is 10.4 Å². The molecule has 2 aromatic heterocycles. The number of thiophene rings is 1. The van der Waals surface area contributed by atoms with Gasteiger partial charge in [-0.2, -0.15) is 0 Å². The van der Waals surface area contributed by atoms with Gasteiger partial charge in [-0.25, -0.2) is 22.6 Å². The van der Waals surface area contributed by atoms with Crippen LogP contribution in [0.2, 0.25) is 0 Å². The first-order valence-electron chi connectivity index (χ1n) is 10.3. The average molecular weight is 499 g/mol. The molecule has 0 radical (unpaired) electrons. The molecule has 11 heteroatoms. The number of hydrogen-bond acceptors (Lipinski definition) is 8. The van der Waals surface area contributed by atoms with Gasteiger partial charge in [0.05, 0.1) is 25.5 Å². The third-order valence-electron chi connectivity index (χ3n) is 5.13. The summed E-state index contributed by atoms with van der Waals surface area (Å²) in [5.41, 5.74) is 2.10. The lowest BCUT2D eigenvalue weighted by Crippen LogP contribution is -2.29. The first kappa shape index (κ1) is 23.6. The molecule has 4 rings (SSSR count). The molecule has 176 valence electrons. The van der Waals surface area contributed by atoms with E-state index in [1.54, 1.807) is 24.3 Å². The van der Waals surface area contributed by atoms with Crippen molar-refractivity contribution in [1.29, 1.82) is 0 Å². The van der Waals surface area contributed by atoms with E-state index in [1.807, 2.05) is 30.3 Å². The fourth-order valence-electron chi connectivity index (χ4n) is 3.38. The van der Waals surface area contributed by atoms with Gasteiger partial charge < -0.3 is 9.84 Å². The van der Waals surface area contributed by atoms with Gasteiger partial charge >= 0.3 is 5.97 Å². The zero-order valence-corrected chi connectivity index (χ0v) is 19.8. The highest BCUT2D eigenvalue weighted by Crippen LogP contribution is 2.30. The van der Waals surface area contributed by atoms with Gasteiger partial charge in [0.1, 0.15) is 9.96 Å². The van der Waals surface area contributed by atoms with Crippen LogP contribution in [0.15, 0.2) is 77.1 Å². The van der Waals surface area contributed by atoms with Crippen LogP contribution in [0, 0.1) is 0 Å². The summed E-state index contributed by atoms with van der Waals surface area (Å²) < 4.78 is 34.8. The number of phenolic OH excluding ortho intramolecular Hbond substituents is 1. The topological polar surface area (TPSA) is 123 Å². The highest BCUT2D eigenvalue weighted by Gasteiger charge is 2.26. The maximum Gasteiger partial charge on any atom is 0.331 e. The molecule has 0 bridgehead atoms. The van der Waals surface area contributed by atoms with Crippen molar-refractivity contribution in [2.45, 2.75) is 23.2 Å². The second-order valence-corrected chi connectivity index (χ2v) is 10.5. The Balaban J connectivity index is 1.52. The molecule has 4 aromatic rings. The molecule has 0 saturated heterocycles. The SMILES string of the molecule is COC(=O)[C@@H](Cc1ccc(O)cc1)n1nncc1CNS(=O)(=O)c1ccc(-c2ccccc2)s1. The van der Waals surface area contributed by atoms with E-state index in [4.69, 9.17) is 4.74 Å². The zero-order chi connectivity index (χ0) is 24.1. The third kappa shape index (κ3) is 5.33. The van der Waals surface area contributed by atoms with E-state index in [1.165, 1.54) is 41.5 Å². The van der Waals surface area contributed by atoms with Gasteiger partial charge in [-0.15, -0.1) is 16.4 Å². The minimum atomic E-state index is -3.80. The van der Waals surface area contributed by atoms with Crippen molar-refractivity contribution < 1.29 is 23.1 Å². The quantitative estimate of drug-likeness (QED) is 0.340. The molecule has 0 amide bonds. The molecular formula is C23H22N4O5S2. The van der Waals surface area contributed by atoms with Crippen LogP contribution in [0.4, 0.5) is 0 Å². The number of carbonyl (C=O) groups excluding carboxylic acids is 1. The van der Waals surface area contributed by atoms with Crippen molar-refractivity contribution in [3.8, 4) is 16.2 Å². The van der Waals surface area contributed by atoms with Crippen LogP contribution in [0.3, 0.4) is 0 Å². The molecule has 1 atom stereocenters. The number of ether oxygens (including phenoxy) is 1. The van der Waals surface area contributed by atoms with Crippen molar-refractivity contribution in [3.63, 3.8) is 0 Å². The number of benzene rings is 2. The van der Waals surface area contributed by atoms with Gasteiger partial charge in [0.2, 0.25) is 10.0 Å². The number of aromatic hydroxyl groups is 1. The van der Waals surface area contributed by atoms with Crippen LogP contribution in [0.5, 0.6) is 5.75 Å². The highest BCUT2D eigenvalue weighted by atomic mass is 32.2. The van der Waals surface area contributed by atoms with Gasteiger partial charge in [0.25, 0.3) is 0 Å². The Bertz CT molecular complexity index is 1370. The Morgan fingerprint density at radius 1 is 1.12 bits per heavy atom. The van der Waals surface area contributed by atoms with Gasteiger partial charge in [-0.1, -0.05) is 47.7 Å².